The zero-order valence-corrected chi connectivity index (χ0v) is 14.2. The van der Waals surface area contributed by atoms with Gasteiger partial charge in [0.25, 0.3) is 5.91 Å². The topological polar surface area (TPSA) is 55.8 Å². The molecule has 0 radical (unpaired) electrons. The Morgan fingerprint density at radius 1 is 1.21 bits per heavy atom. The van der Waals surface area contributed by atoms with Gasteiger partial charge in [-0.2, -0.15) is 0 Å². The highest BCUT2D eigenvalue weighted by atomic mass is 35.5. The number of rotatable bonds is 7. The molecule has 2 aromatic carbocycles. The molecule has 2 rings (SSSR count). The van der Waals surface area contributed by atoms with Gasteiger partial charge < -0.3 is 14.4 Å². The van der Waals surface area contributed by atoms with Gasteiger partial charge in [0.05, 0.1) is 11.6 Å². The predicted octanol–water partition coefficient (Wildman–Crippen LogP) is 3.59. The number of carbonyl (C=O) groups excluding carboxylic acids is 2. The summed E-state index contributed by atoms with van der Waals surface area (Å²) in [5, 5.41) is 0.221. The summed E-state index contributed by atoms with van der Waals surface area (Å²) in [5.41, 5.74) is 1.14. The van der Waals surface area contributed by atoms with Gasteiger partial charge >= 0.3 is 0 Å². The van der Waals surface area contributed by atoms with Crippen molar-refractivity contribution in [3.63, 3.8) is 0 Å². The lowest BCUT2D eigenvalue weighted by atomic mass is 10.2. The molecule has 1 amide bonds. The van der Waals surface area contributed by atoms with Gasteiger partial charge in [-0.1, -0.05) is 29.8 Å². The number of nitrogens with zero attached hydrogens (tertiary/aromatic N) is 1. The molecular weight excluding hydrogens is 330 g/mol. The van der Waals surface area contributed by atoms with E-state index in [-0.39, 0.29) is 23.3 Å². The van der Waals surface area contributed by atoms with E-state index in [9.17, 15) is 9.59 Å². The van der Waals surface area contributed by atoms with E-state index in [1.807, 2.05) is 30.3 Å². The van der Waals surface area contributed by atoms with Crippen molar-refractivity contribution >= 4 is 29.5 Å². The number of likely N-dealkylation sites (N-methyl/N-ethyl adjacent to an activating group) is 1. The molecule has 0 saturated carbocycles. The minimum absolute atomic E-state index is 0.203. The van der Waals surface area contributed by atoms with Crippen molar-refractivity contribution in [1.29, 1.82) is 0 Å². The SMILES string of the molecule is CCOc1cc(C=O)cc(Cl)c1OCC(=O)N(C)c1ccccc1. The Morgan fingerprint density at radius 3 is 2.54 bits per heavy atom. The highest BCUT2D eigenvalue weighted by Gasteiger charge is 2.16. The summed E-state index contributed by atoms with van der Waals surface area (Å²) >= 11 is 6.14. The highest BCUT2D eigenvalue weighted by Crippen LogP contribution is 2.36. The Labute approximate surface area is 145 Å². The third-order valence-corrected chi connectivity index (χ3v) is 3.61. The molecule has 0 spiro atoms. The predicted molar refractivity (Wildman–Crippen MR) is 93.4 cm³/mol. The maximum Gasteiger partial charge on any atom is 0.264 e. The number of amides is 1. The van der Waals surface area contributed by atoms with Crippen molar-refractivity contribution in [2.24, 2.45) is 0 Å². The van der Waals surface area contributed by atoms with E-state index in [0.717, 1.165) is 5.69 Å². The Kier molecular flexibility index (Phi) is 6.21. The third kappa shape index (κ3) is 4.26. The zero-order chi connectivity index (χ0) is 17.5. The second-order valence-electron chi connectivity index (χ2n) is 4.96. The summed E-state index contributed by atoms with van der Waals surface area (Å²) in [4.78, 5) is 24.7. The first kappa shape index (κ1) is 17.8. The van der Waals surface area contributed by atoms with Crippen LogP contribution in [0.2, 0.25) is 5.02 Å². The molecule has 0 saturated heterocycles. The molecule has 0 aliphatic heterocycles. The molecule has 0 aromatic heterocycles. The molecule has 0 atom stereocenters. The van der Waals surface area contributed by atoms with Gasteiger partial charge in [-0.25, -0.2) is 0 Å². The molecule has 5 nitrogen and oxygen atoms in total. The van der Waals surface area contributed by atoms with Crippen LogP contribution in [0.4, 0.5) is 5.69 Å². The van der Waals surface area contributed by atoms with Crippen molar-refractivity contribution in [1.82, 2.24) is 0 Å². The van der Waals surface area contributed by atoms with Crippen LogP contribution in [0.3, 0.4) is 0 Å². The Balaban J connectivity index is 2.13. The lowest BCUT2D eigenvalue weighted by Crippen LogP contribution is -2.31. The highest BCUT2D eigenvalue weighted by molar-refractivity contribution is 6.32. The van der Waals surface area contributed by atoms with Crippen molar-refractivity contribution in [2.45, 2.75) is 6.92 Å². The first-order chi connectivity index (χ1) is 11.6. The molecule has 0 heterocycles. The summed E-state index contributed by atoms with van der Waals surface area (Å²) in [5.74, 6) is 0.348. The second kappa shape index (κ2) is 8.36. The first-order valence-corrected chi connectivity index (χ1v) is 7.80. The van der Waals surface area contributed by atoms with Crippen LogP contribution in [-0.4, -0.2) is 32.5 Å². The number of aldehydes is 1. The number of halogens is 1. The van der Waals surface area contributed by atoms with Gasteiger partial charge in [0.2, 0.25) is 0 Å². The maximum atomic E-state index is 12.3. The van der Waals surface area contributed by atoms with E-state index in [4.69, 9.17) is 21.1 Å². The largest absolute Gasteiger partial charge is 0.490 e. The van der Waals surface area contributed by atoms with Crippen LogP contribution in [0.25, 0.3) is 0 Å². The Hall–Kier alpha value is -2.53. The molecule has 0 aliphatic carbocycles. The Morgan fingerprint density at radius 2 is 1.92 bits per heavy atom. The molecule has 0 N–H and O–H groups in total. The molecule has 6 heteroatoms. The average molecular weight is 348 g/mol. The number of hydrogen-bond donors (Lipinski definition) is 0. The standard InChI is InChI=1S/C18H18ClNO4/c1-3-23-16-10-13(11-21)9-15(19)18(16)24-12-17(22)20(2)14-7-5-4-6-8-14/h4-11H,3,12H2,1-2H3. The lowest BCUT2D eigenvalue weighted by Gasteiger charge is -2.19. The number of hydrogen-bond acceptors (Lipinski definition) is 4. The molecule has 2 aromatic rings. The normalized spacial score (nSPS) is 10.1. The summed E-state index contributed by atoms with van der Waals surface area (Å²) in [6.45, 7) is 1.98. The summed E-state index contributed by atoms with van der Waals surface area (Å²) < 4.78 is 11.0. The van der Waals surface area contributed by atoms with Gasteiger partial charge in [0.15, 0.2) is 18.1 Å². The van der Waals surface area contributed by atoms with Gasteiger partial charge in [0.1, 0.15) is 6.29 Å². The summed E-state index contributed by atoms with van der Waals surface area (Å²) in [6, 6.07) is 12.2. The van der Waals surface area contributed by atoms with E-state index < -0.39 is 0 Å². The van der Waals surface area contributed by atoms with Gasteiger partial charge in [-0.15, -0.1) is 0 Å². The van der Waals surface area contributed by atoms with Crippen LogP contribution in [-0.2, 0) is 4.79 Å². The van der Waals surface area contributed by atoms with E-state index in [0.29, 0.717) is 24.2 Å². The van der Waals surface area contributed by atoms with E-state index in [2.05, 4.69) is 0 Å². The van der Waals surface area contributed by atoms with Gasteiger partial charge in [-0.05, 0) is 31.2 Å². The molecule has 0 bridgehead atoms. The number of benzene rings is 2. The molecular formula is C18H18ClNO4. The quantitative estimate of drug-likeness (QED) is 0.718. The number of carbonyl (C=O) groups is 2. The fraction of sp³-hybridized carbons (Fsp3) is 0.222. The van der Waals surface area contributed by atoms with Crippen LogP contribution >= 0.6 is 11.6 Å². The molecule has 0 unspecified atom stereocenters. The zero-order valence-electron chi connectivity index (χ0n) is 13.5. The minimum Gasteiger partial charge on any atom is -0.490 e. The molecule has 24 heavy (non-hydrogen) atoms. The average Bonchev–Trinajstić information content (AvgIpc) is 2.60. The van der Waals surface area contributed by atoms with Crippen molar-refractivity contribution in [2.75, 3.05) is 25.2 Å². The number of ether oxygens (including phenoxy) is 2. The van der Waals surface area contributed by atoms with Crippen molar-refractivity contribution in [3.05, 3.63) is 53.1 Å². The van der Waals surface area contributed by atoms with Crippen LogP contribution in [0.15, 0.2) is 42.5 Å². The van der Waals surface area contributed by atoms with E-state index >= 15 is 0 Å². The maximum absolute atomic E-state index is 12.3. The van der Waals surface area contributed by atoms with Crippen LogP contribution in [0, 0.1) is 0 Å². The third-order valence-electron chi connectivity index (χ3n) is 3.33. The molecule has 126 valence electrons. The first-order valence-electron chi connectivity index (χ1n) is 7.42. The van der Waals surface area contributed by atoms with Crippen molar-refractivity contribution in [3.8, 4) is 11.5 Å². The van der Waals surface area contributed by atoms with Crippen LogP contribution < -0.4 is 14.4 Å². The fourth-order valence-corrected chi connectivity index (χ4v) is 2.36. The monoisotopic (exact) mass is 347 g/mol. The van der Waals surface area contributed by atoms with Crippen LogP contribution in [0.5, 0.6) is 11.5 Å². The van der Waals surface area contributed by atoms with Crippen molar-refractivity contribution < 1.29 is 19.1 Å². The number of anilines is 1. The van der Waals surface area contributed by atoms with Gasteiger partial charge in [0, 0.05) is 18.3 Å². The van der Waals surface area contributed by atoms with E-state index in [1.54, 1.807) is 14.0 Å². The fourth-order valence-electron chi connectivity index (χ4n) is 2.09. The second-order valence-corrected chi connectivity index (χ2v) is 5.37. The summed E-state index contributed by atoms with van der Waals surface area (Å²) in [7, 11) is 1.67. The van der Waals surface area contributed by atoms with Gasteiger partial charge in [-0.3, -0.25) is 9.59 Å². The number of para-hydroxylation sites is 1. The molecule has 0 aliphatic rings. The Bertz CT molecular complexity index is 718. The minimum atomic E-state index is -0.237. The molecule has 0 fully saturated rings. The van der Waals surface area contributed by atoms with Crippen LogP contribution in [0.1, 0.15) is 17.3 Å². The smallest absolute Gasteiger partial charge is 0.264 e. The lowest BCUT2D eigenvalue weighted by molar-refractivity contribution is -0.120. The summed E-state index contributed by atoms with van der Waals surface area (Å²) in [6.07, 6.45) is 0.673. The van der Waals surface area contributed by atoms with E-state index in [1.165, 1.54) is 17.0 Å².